The third-order valence-corrected chi connectivity index (χ3v) is 2.98. The number of nitrogens with one attached hydrogen (secondary N) is 1. The summed E-state index contributed by atoms with van der Waals surface area (Å²) in [6.07, 6.45) is -2.75. The van der Waals surface area contributed by atoms with Gasteiger partial charge in [0.1, 0.15) is 18.0 Å². The van der Waals surface area contributed by atoms with E-state index in [0.29, 0.717) is 5.69 Å². The number of nitrogens with zero attached hydrogens (tertiary/aromatic N) is 3. The standard InChI is InChI=1S/C13H12F2N4O4/c1-7-4-10(13(14)15)17-18(7)6-12(21)16-9-5-8(19(22)23)2-3-11(9)20/h2-5,13,20H,6H2,1H3,(H,16,21). The molecule has 0 aliphatic carbocycles. The minimum atomic E-state index is -2.75. The topological polar surface area (TPSA) is 110 Å². The van der Waals surface area contributed by atoms with Gasteiger partial charge >= 0.3 is 0 Å². The first-order chi connectivity index (χ1) is 10.8. The molecular formula is C13H12F2N4O4. The highest BCUT2D eigenvalue weighted by molar-refractivity contribution is 5.92. The van der Waals surface area contributed by atoms with E-state index in [9.17, 15) is 28.8 Å². The molecule has 0 fully saturated rings. The lowest BCUT2D eigenvalue weighted by molar-refractivity contribution is -0.384. The summed E-state index contributed by atoms with van der Waals surface area (Å²) in [5, 5.41) is 26.2. The van der Waals surface area contributed by atoms with Crippen molar-refractivity contribution in [3.8, 4) is 5.75 Å². The first kappa shape index (κ1) is 16.3. The van der Waals surface area contributed by atoms with E-state index in [4.69, 9.17) is 0 Å². The van der Waals surface area contributed by atoms with Gasteiger partial charge in [0.2, 0.25) is 5.91 Å². The monoisotopic (exact) mass is 326 g/mol. The number of amides is 1. The summed E-state index contributed by atoms with van der Waals surface area (Å²) in [5.41, 5.74) is -0.552. The summed E-state index contributed by atoms with van der Waals surface area (Å²) in [7, 11) is 0. The van der Waals surface area contributed by atoms with Crippen LogP contribution in [0.4, 0.5) is 20.2 Å². The number of carbonyl (C=O) groups excluding carboxylic acids is 1. The van der Waals surface area contributed by atoms with Crippen molar-refractivity contribution in [2.75, 3.05) is 5.32 Å². The molecule has 1 aromatic carbocycles. The molecule has 0 bridgehead atoms. The van der Waals surface area contributed by atoms with E-state index in [2.05, 4.69) is 10.4 Å². The summed E-state index contributed by atoms with van der Waals surface area (Å²) < 4.78 is 26.2. The minimum Gasteiger partial charge on any atom is -0.506 e. The highest BCUT2D eigenvalue weighted by Gasteiger charge is 2.17. The molecule has 1 aromatic heterocycles. The molecule has 0 spiro atoms. The van der Waals surface area contributed by atoms with Gasteiger partial charge in [-0.1, -0.05) is 0 Å². The molecule has 10 heteroatoms. The molecule has 0 saturated carbocycles. The summed E-state index contributed by atoms with van der Waals surface area (Å²) in [6.45, 7) is 1.14. The zero-order chi connectivity index (χ0) is 17.1. The number of nitro benzene ring substituents is 1. The highest BCUT2D eigenvalue weighted by Crippen LogP contribution is 2.27. The number of hydrogen-bond donors (Lipinski definition) is 2. The van der Waals surface area contributed by atoms with E-state index in [-0.39, 0.29) is 23.7 Å². The number of hydrogen-bond acceptors (Lipinski definition) is 5. The first-order valence-electron chi connectivity index (χ1n) is 6.37. The van der Waals surface area contributed by atoms with Gasteiger partial charge in [0.15, 0.2) is 0 Å². The van der Waals surface area contributed by atoms with Crippen molar-refractivity contribution in [3.05, 3.63) is 45.8 Å². The molecule has 122 valence electrons. The number of non-ortho nitro benzene ring substituents is 1. The predicted molar refractivity (Wildman–Crippen MR) is 75.3 cm³/mol. The highest BCUT2D eigenvalue weighted by atomic mass is 19.3. The molecule has 0 radical (unpaired) electrons. The van der Waals surface area contributed by atoms with Gasteiger partial charge in [-0.2, -0.15) is 5.10 Å². The number of aryl methyl sites for hydroxylation is 1. The lowest BCUT2D eigenvalue weighted by Gasteiger charge is -2.08. The van der Waals surface area contributed by atoms with Crippen molar-refractivity contribution in [1.29, 1.82) is 0 Å². The number of carbonyl (C=O) groups is 1. The van der Waals surface area contributed by atoms with Gasteiger partial charge in [-0.3, -0.25) is 19.6 Å². The van der Waals surface area contributed by atoms with Crippen molar-refractivity contribution in [2.24, 2.45) is 0 Å². The van der Waals surface area contributed by atoms with Gasteiger partial charge in [-0.15, -0.1) is 0 Å². The number of aromatic nitrogens is 2. The van der Waals surface area contributed by atoms with Crippen molar-refractivity contribution < 1.29 is 23.6 Å². The fourth-order valence-electron chi connectivity index (χ4n) is 1.87. The van der Waals surface area contributed by atoms with Gasteiger partial charge in [-0.25, -0.2) is 8.78 Å². The second-order valence-electron chi connectivity index (χ2n) is 4.68. The molecule has 8 nitrogen and oxygen atoms in total. The molecule has 23 heavy (non-hydrogen) atoms. The van der Waals surface area contributed by atoms with Gasteiger partial charge in [0.05, 0.1) is 10.6 Å². The minimum absolute atomic E-state index is 0.150. The number of nitro groups is 1. The van der Waals surface area contributed by atoms with E-state index >= 15 is 0 Å². The van der Waals surface area contributed by atoms with Crippen molar-refractivity contribution in [2.45, 2.75) is 19.9 Å². The Labute approximate surface area is 128 Å². The van der Waals surface area contributed by atoms with Crippen molar-refractivity contribution in [3.63, 3.8) is 0 Å². The lowest BCUT2D eigenvalue weighted by atomic mass is 10.2. The van der Waals surface area contributed by atoms with Crippen molar-refractivity contribution in [1.82, 2.24) is 9.78 Å². The largest absolute Gasteiger partial charge is 0.506 e. The first-order valence-corrected chi connectivity index (χ1v) is 6.37. The molecule has 0 unspecified atom stereocenters. The zero-order valence-electron chi connectivity index (χ0n) is 11.9. The van der Waals surface area contributed by atoms with E-state index < -0.39 is 22.9 Å². The van der Waals surface area contributed by atoms with Crippen LogP contribution in [0.2, 0.25) is 0 Å². The molecule has 1 amide bonds. The predicted octanol–water partition coefficient (Wildman–Crippen LogP) is 2.38. The van der Waals surface area contributed by atoms with Gasteiger partial charge in [-0.05, 0) is 19.1 Å². The number of anilines is 1. The van der Waals surface area contributed by atoms with Gasteiger partial charge in [0.25, 0.3) is 12.1 Å². The van der Waals surface area contributed by atoms with E-state index in [1.54, 1.807) is 0 Å². The molecule has 1 heterocycles. The molecule has 2 N–H and O–H groups in total. The quantitative estimate of drug-likeness (QED) is 0.498. The van der Waals surface area contributed by atoms with Crippen LogP contribution in [0.1, 0.15) is 17.8 Å². The van der Waals surface area contributed by atoms with Gasteiger partial charge in [0, 0.05) is 17.8 Å². The lowest BCUT2D eigenvalue weighted by Crippen LogP contribution is -2.20. The number of aromatic hydroxyl groups is 1. The molecule has 0 atom stereocenters. The molecule has 2 rings (SSSR count). The fraction of sp³-hybridized carbons (Fsp3) is 0.231. The Morgan fingerprint density at radius 3 is 2.74 bits per heavy atom. The number of benzene rings is 1. The Hall–Kier alpha value is -3.04. The Morgan fingerprint density at radius 2 is 2.17 bits per heavy atom. The second kappa shape index (κ2) is 6.38. The summed E-state index contributed by atoms with van der Waals surface area (Å²) in [6, 6.07) is 4.30. The number of phenols is 1. The molecule has 0 saturated heterocycles. The zero-order valence-corrected chi connectivity index (χ0v) is 11.9. The van der Waals surface area contributed by atoms with Crippen LogP contribution in [0.3, 0.4) is 0 Å². The van der Waals surface area contributed by atoms with Crippen molar-refractivity contribution >= 4 is 17.3 Å². The van der Waals surface area contributed by atoms with Gasteiger partial charge < -0.3 is 10.4 Å². The Morgan fingerprint density at radius 1 is 1.48 bits per heavy atom. The van der Waals surface area contributed by atoms with Crippen LogP contribution in [0.15, 0.2) is 24.3 Å². The van der Waals surface area contributed by atoms with Crippen LogP contribution in [-0.2, 0) is 11.3 Å². The number of phenolic OH excluding ortho intramolecular Hbond substituents is 1. The maximum Gasteiger partial charge on any atom is 0.282 e. The Kier molecular flexibility index (Phi) is 4.53. The molecule has 0 aliphatic rings. The Balaban J connectivity index is 2.14. The van der Waals surface area contributed by atoms with E-state index in [1.165, 1.54) is 6.92 Å². The SMILES string of the molecule is Cc1cc(C(F)F)nn1CC(=O)Nc1cc([N+](=O)[O-])ccc1O. The second-order valence-corrected chi connectivity index (χ2v) is 4.68. The van der Waals surface area contributed by atoms with Crippen LogP contribution in [0.5, 0.6) is 5.75 Å². The maximum absolute atomic E-state index is 12.5. The number of halogens is 2. The normalized spacial score (nSPS) is 10.8. The summed E-state index contributed by atoms with van der Waals surface area (Å²) >= 11 is 0. The van der Waals surface area contributed by atoms with Crippen LogP contribution in [-0.4, -0.2) is 25.7 Å². The third-order valence-electron chi connectivity index (χ3n) is 2.98. The summed E-state index contributed by atoms with van der Waals surface area (Å²) in [4.78, 5) is 21.9. The maximum atomic E-state index is 12.5. The van der Waals surface area contributed by atoms with Crippen LogP contribution in [0.25, 0.3) is 0 Å². The third kappa shape index (κ3) is 3.78. The van der Waals surface area contributed by atoms with Crippen LogP contribution < -0.4 is 5.32 Å². The molecule has 2 aromatic rings. The average Bonchev–Trinajstić information content (AvgIpc) is 2.82. The summed E-state index contributed by atoms with van der Waals surface area (Å²) in [5.74, 6) is -1.03. The fourth-order valence-corrected chi connectivity index (χ4v) is 1.87. The smallest absolute Gasteiger partial charge is 0.282 e. The molecule has 0 aliphatic heterocycles. The Bertz CT molecular complexity index is 760. The van der Waals surface area contributed by atoms with Crippen LogP contribution >= 0.6 is 0 Å². The average molecular weight is 326 g/mol. The number of rotatable bonds is 5. The number of alkyl halides is 2. The van der Waals surface area contributed by atoms with Crippen LogP contribution in [0, 0.1) is 17.0 Å². The van der Waals surface area contributed by atoms with E-state index in [1.807, 2.05) is 0 Å². The molecular weight excluding hydrogens is 314 g/mol. The van der Waals surface area contributed by atoms with E-state index in [0.717, 1.165) is 28.9 Å².